The van der Waals surface area contributed by atoms with Crippen molar-refractivity contribution in [3.05, 3.63) is 42.5 Å². The average molecular weight is 417 g/mol. The van der Waals surface area contributed by atoms with Crippen LogP contribution in [-0.2, 0) is 4.74 Å². The van der Waals surface area contributed by atoms with Crippen LogP contribution in [0.4, 0.5) is 0 Å². The van der Waals surface area contributed by atoms with Crippen LogP contribution in [0, 0.1) is 0 Å². The van der Waals surface area contributed by atoms with Crippen LogP contribution in [0.5, 0.6) is 5.75 Å². The van der Waals surface area contributed by atoms with E-state index in [4.69, 9.17) is 15.2 Å². The van der Waals surface area contributed by atoms with E-state index in [9.17, 15) is 0 Å². The maximum atomic E-state index is 5.93. The van der Waals surface area contributed by atoms with E-state index in [0.29, 0.717) is 32.3 Å². The fourth-order valence-corrected chi connectivity index (χ4v) is 2.22. The maximum Gasteiger partial charge on any atom is 0.189 e. The molecule has 0 spiro atoms. The van der Waals surface area contributed by atoms with Crippen molar-refractivity contribution in [1.29, 1.82) is 0 Å². The quantitative estimate of drug-likeness (QED) is 0.235. The number of guanidine groups is 1. The molecule has 2 rings (SSSR count). The fourth-order valence-electron chi connectivity index (χ4n) is 2.22. The van der Waals surface area contributed by atoms with Gasteiger partial charge in [-0.15, -0.1) is 30.6 Å². The Bertz CT molecular complexity index is 494. The van der Waals surface area contributed by atoms with E-state index in [0.717, 1.165) is 24.2 Å². The molecular formula is C16H24IN3O2. The first-order valence-corrected chi connectivity index (χ1v) is 7.28. The Morgan fingerprint density at radius 1 is 1.45 bits per heavy atom. The Hall–Kier alpha value is -1.28. The summed E-state index contributed by atoms with van der Waals surface area (Å²) in [5.41, 5.74) is 7.06. The molecule has 1 aromatic carbocycles. The molecule has 1 unspecified atom stereocenters. The molecule has 122 valence electrons. The number of rotatable bonds is 7. The predicted octanol–water partition coefficient (Wildman–Crippen LogP) is 2.63. The third-order valence-electron chi connectivity index (χ3n) is 3.26. The zero-order chi connectivity index (χ0) is 14.9. The summed E-state index contributed by atoms with van der Waals surface area (Å²) in [5.74, 6) is 1.37. The Morgan fingerprint density at radius 2 is 2.27 bits per heavy atom. The van der Waals surface area contributed by atoms with Gasteiger partial charge in [0.1, 0.15) is 5.75 Å². The summed E-state index contributed by atoms with van der Waals surface area (Å²) in [4.78, 5) is 4.28. The number of para-hydroxylation sites is 1. The molecule has 1 aliphatic rings. The van der Waals surface area contributed by atoms with Gasteiger partial charge < -0.3 is 20.5 Å². The molecule has 1 atom stereocenters. The minimum Gasteiger partial charge on any atom is -0.493 e. The number of aliphatic imine (C=N–C) groups is 1. The van der Waals surface area contributed by atoms with Crippen LogP contribution in [0.2, 0.25) is 0 Å². The molecule has 1 heterocycles. The van der Waals surface area contributed by atoms with Crippen molar-refractivity contribution >= 4 is 29.9 Å². The second kappa shape index (κ2) is 10.4. The standard InChI is InChI=1S/C16H23N3O2.HI/c1-2-3-10-20-12-9-18-16(17)19-14-8-11-21-15-7-5-4-6-13(14)15;/h2,4-7,14H,1,3,8-12H2,(H3,17,18,19);1H. The van der Waals surface area contributed by atoms with Gasteiger partial charge in [0.15, 0.2) is 5.96 Å². The number of ether oxygens (including phenoxy) is 2. The SMILES string of the molecule is C=CCCOCCN=C(N)NC1CCOc2ccccc21.I. The molecule has 3 N–H and O–H groups in total. The summed E-state index contributed by atoms with van der Waals surface area (Å²) in [6, 6.07) is 8.16. The van der Waals surface area contributed by atoms with E-state index in [1.807, 2.05) is 24.3 Å². The molecule has 6 heteroatoms. The van der Waals surface area contributed by atoms with E-state index in [1.54, 1.807) is 0 Å². The Morgan fingerprint density at radius 3 is 3.09 bits per heavy atom. The lowest BCUT2D eigenvalue weighted by atomic mass is 10.0. The van der Waals surface area contributed by atoms with E-state index >= 15 is 0 Å². The zero-order valence-electron chi connectivity index (χ0n) is 12.7. The number of hydrogen-bond donors (Lipinski definition) is 2. The van der Waals surface area contributed by atoms with Gasteiger partial charge in [0, 0.05) is 12.0 Å². The molecular weight excluding hydrogens is 393 g/mol. The summed E-state index contributed by atoms with van der Waals surface area (Å²) in [5, 5.41) is 3.25. The highest BCUT2D eigenvalue weighted by atomic mass is 127. The minimum atomic E-state index is 0. The maximum absolute atomic E-state index is 5.93. The second-order valence-electron chi connectivity index (χ2n) is 4.83. The first-order chi connectivity index (χ1) is 10.3. The van der Waals surface area contributed by atoms with Crippen molar-refractivity contribution in [3.8, 4) is 5.75 Å². The Balaban J connectivity index is 0.00000242. The fraction of sp³-hybridized carbons (Fsp3) is 0.438. The Kier molecular flexibility index (Phi) is 8.91. The van der Waals surface area contributed by atoms with Crippen molar-refractivity contribution in [3.63, 3.8) is 0 Å². The summed E-state index contributed by atoms with van der Waals surface area (Å²) in [6.45, 7) is 6.14. The van der Waals surface area contributed by atoms with Crippen LogP contribution in [-0.4, -0.2) is 32.3 Å². The van der Waals surface area contributed by atoms with Crippen molar-refractivity contribution in [1.82, 2.24) is 5.32 Å². The third kappa shape index (κ3) is 5.84. The van der Waals surface area contributed by atoms with Crippen LogP contribution in [0.3, 0.4) is 0 Å². The lowest BCUT2D eigenvalue weighted by Gasteiger charge is -2.26. The van der Waals surface area contributed by atoms with Crippen molar-refractivity contribution < 1.29 is 9.47 Å². The smallest absolute Gasteiger partial charge is 0.189 e. The first kappa shape index (κ1) is 18.8. The lowest BCUT2D eigenvalue weighted by Crippen LogP contribution is -2.37. The number of nitrogens with one attached hydrogen (secondary N) is 1. The first-order valence-electron chi connectivity index (χ1n) is 7.28. The number of fused-ring (bicyclic) bond motifs is 1. The summed E-state index contributed by atoms with van der Waals surface area (Å²) in [7, 11) is 0. The van der Waals surface area contributed by atoms with Gasteiger partial charge in [-0.05, 0) is 12.5 Å². The van der Waals surface area contributed by atoms with E-state index in [1.165, 1.54) is 0 Å². The number of benzene rings is 1. The predicted molar refractivity (Wildman–Crippen MR) is 100.0 cm³/mol. The van der Waals surface area contributed by atoms with Crippen LogP contribution >= 0.6 is 24.0 Å². The number of halogens is 1. The van der Waals surface area contributed by atoms with Gasteiger partial charge in [-0.2, -0.15) is 0 Å². The third-order valence-corrected chi connectivity index (χ3v) is 3.26. The number of nitrogens with two attached hydrogens (primary N) is 1. The topological polar surface area (TPSA) is 68.9 Å². The molecule has 0 fully saturated rings. The summed E-state index contributed by atoms with van der Waals surface area (Å²) >= 11 is 0. The van der Waals surface area contributed by atoms with Crippen molar-refractivity contribution in [2.75, 3.05) is 26.4 Å². The minimum absolute atomic E-state index is 0. The zero-order valence-corrected chi connectivity index (χ0v) is 15.0. The average Bonchev–Trinajstić information content (AvgIpc) is 2.51. The molecule has 5 nitrogen and oxygen atoms in total. The van der Waals surface area contributed by atoms with Crippen LogP contribution in [0.15, 0.2) is 41.9 Å². The highest BCUT2D eigenvalue weighted by Gasteiger charge is 2.20. The monoisotopic (exact) mass is 417 g/mol. The molecule has 0 saturated heterocycles. The second-order valence-corrected chi connectivity index (χ2v) is 4.83. The molecule has 0 aromatic heterocycles. The molecule has 0 saturated carbocycles. The normalized spacial score (nSPS) is 16.9. The molecule has 1 aromatic rings. The Labute approximate surface area is 149 Å². The largest absolute Gasteiger partial charge is 0.493 e. The van der Waals surface area contributed by atoms with Crippen LogP contribution < -0.4 is 15.8 Å². The van der Waals surface area contributed by atoms with Gasteiger partial charge in [-0.3, -0.25) is 4.99 Å². The van der Waals surface area contributed by atoms with Crippen LogP contribution in [0.1, 0.15) is 24.4 Å². The molecule has 0 bridgehead atoms. The summed E-state index contributed by atoms with van der Waals surface area (Å²) in [6.07, 6.45) is 3.57. The molecule has 22 heavy (non-hydrogen) atoms. The van der Waals surface area contributed by atoms with Gasteiger partial charge in [-0.25, -0.2) is 0 Å². The molecule has 1 aliphatic heterocycles. The number of hydrogen-bond acceptors (Lipinski definition) is 3. The van der Waals surface area contributed by atoms with Crippen molar-refractivity contribution in [2.24, 2.45) is 10.7 Å². The van der Waals surface area contributed by atoms with E-state index < -0.39 is 0 Å². The molecule has 0 aliphatic carbocycles. The molecule has 0 radical (unpaired) electrons. The van der Waals surface area contributed by atoms with Crippen LogP contribution in [0.25, 0.3) is 0 Å². The highest BCUT2D eigenvalue weighted by molar-refractivity contribution is 14.0. The highest BCUT2D eigenvalue weighted by Crippen LogP contribution is 2.31. The lowest BCUT2D eigenvalue weighted by molar-refractivity contribution is 0.146. The van der Waals surface area contributed by atoms with Crippen molar-refractivity contribution in [2.45, 2.75) is 18.9 Å². The van der Waals surface area contributed by atoms with Gasteiger partial charge in [0.05, 0.1) is 32.4 Å². The summed E-state index contributed by atoms with van der Waals surface area (Å²) < 4.78 is 11.0. The van der Waals surface area contributed by atoms with Gasteiger partial charge in [-0.1, -0.05) is 24.3 Å². The van der Waals surface area contributed by atoms with Gasteiger partial charge >= 0.3 is 0 Å². The van der Waals surface area contributed by atoms with Gasteiger partial charge in [0.25, 0.3) is 0 Å². The molecule has 0 amide bonds. The van der Waals surface area contributed by atoms with E-state index in [-0.39, 0.29) is 30.0 Å². The van der Waals surface area contributed by atoms with Gasteiger partial charge in [0.2, 0.25) is 0 Å². The number of nitrogens with zero attached hydrogens (tertiary/aromatic N) is 1. The van der Waals surface area contributed by atoms with E-state index in [2.05, 4.69) is 23.0 Å².